The second-order valence-corrected chi connectivity index (χ2v) is 9.72. The number of nitrogens with zero attached hydrogens (tertiary/aromatic N) is 4. The zero-order valence-corrected chi connectivity index (χ0v) is 20.0. The van der Waals surface area contributed by atoms with Crippen molar-refractivity contribution >= 4 is 12.0 Å². The van der Waals surface area contributed by atoms with Crippen molar-refractivity contribution in [3.05, 3.63) is 42.1 Å². The Balaban J connectivity index is 1.48. The number of rotatable bonds is 3. The second kappa shape index (κ2) is 9.52. The van der Waals surface area contributed by atoms with Crippen molar-refractivity contribution < 1.29 is 32.2 Å². The van der Waals surface area contributed by atoms with Gasteiger partial charge in [-0.05, 0) is 45.7 Å². The van der Waals surface area contributed by atoms with Crippen LogP contribution in [0.3, 0.4) is 0 Å². The molecule has 190 valence electrons. The lowest BCUT2D eigenvalue weighted by Gasteiger charge is -2.47. The number of carbonyl (C=O) groups is 1. The fraction of sp³-hybridized carbons (Fsp3) is 0.542. The highest BCUT2D eigenvalue weighted by molar-refractivity contribution is 5.68. The Kier molecular flexibility index (Phi) is 6.81. The van der Waals surface area contributed by atoms with Gasteiger partial charge in [-0.15, -0.1) is 0 Å². The van der Waals surface area contributed by atoms with Gasteiger partial charge in [0.25, 0.3) is 0 Å². The Morgan fingerprint density at radius 2 is 1.74 bits per heavy atom. The van der Waals surface area contributed by atoms with Crippen molar-refractivity contribution in [2.45, 2.75) is 51.0 Å². The third-order valence-electron chi connectivity index (χ3n) is 5.80. The van der Waals surface area contributed by atoms with Gasteiger partial charge in [-0.1, -0.05) is 18.2 Å². The van der Waals surface area contributed by atoms with Gasteiger partial charge in [0, 0.05) is 25.7 Å². The number of para-hydroxylation sites is 1. The number of aromatic nitrogens is 2. The minimum Gasteiger partial charge on any atom is -0.444 e. The number of amides is 1. The van der Waals surface area contributed by atoms with Crippen molar-refractivity contribution in [2.75, 3.05) is 37.7 Å². The largest absolute Gasteiger partial charge is 0.444 e. The molecule has 1 aromatic carbocycles. The molecule has 2 fully saturated rings. The lowest BCUT2D eigenvalue weighted by Crippen LogP contribution is -2.58. The third-order valence-corrected chi connectivity index (χ3v) is 5.80. The minimum absolute atomic E-state index is 0.0552. The van der Waals surface area contributed by atoms with E-state index in [1.165, 1.54) is 0 Å². The molecule has 0 atom stereocenters. The van der Waals surface area contributed by atoms with E-state index in [1.807, 2.05) is 20.8 Å². The van der Waals surface area contributed by atoms with Crippen LogP contribution in [0.2, 0.25) is 0 Å². The maximum absolute atomic E-state index is 13.5. The monoisotopic (exact) mass is 494 g/mol. The number of alkyl halides is 3. The van der Waals surface area contributed by atoms with E-state index in [0.29, 0.717) is 51.4 Å². The molecule has 35 heavy (non-hydrogen) atoms. The zero-order valence-electron chi connectivity index (χ0n) is 20.0. The van der Waals surface area contributed by atoms with Gasteiger partial charge in [-0.3, -0.25) is 0 Å². The Morgan fingerprint density at radius 3 is 2.37 bits per heavy atom. The average molecular weight is 495 g/mol. The number of piperidine rings is 1. The molecule has 2 aromatic rings. The number of carbonyl (C=O) groups excluding carboxylic acids is 1. The predicted molar refractivity (Wildman–Crippen MR) is 121 cm³/mol. The second-order valence-electron chi connectivity index (χ2n) is 9.72. The molecule has 3 heterocycles. The molecule has 1 amide bonds. The number of hydrogen-bond donors (Lipinski definition) is 0. The Bertz CT molecular complexity index is 1040. The molecule has 0 radical (unpaired) electrons. The maximum atomic E-state index is 13.5. The van der Waals surface area contributed by atoms with Crippen LogP contribution >= 0.6 is 0 Å². The van der Waals surface area contributed by atoms with Crippen LogP contribution in [0.15, 0.2) is 36.4 Å². The van der Waals surface area contributed by atoms with Crippen LogP contribution < -0.4 is 9.64 Å². The lowest BCUT2D eigenvalue weighted by atomic mass is 9.89. The SMILES string of the molecule is CC(C)(C)OC(=O)N1CCOC2(CCN(c3nc(Oc4ccccc4)cc(C(F)(F)F)n3)CC2)C1. The molecule has 0 N–H and O–H groups in total. The van der Waals surface area contributed by atoms with E-state index >= 15 is 0 Å². The van der Waals surface area contributed by atoms with Crippen molar-refractivity contribution in [1.82, 2.24) is 14.9 Å². The van der Waals surface area contributed by atoms with Crippen LogP contribution in [0.5, 0.6) is 11.6 Å². The summed E-state index contributed by atoms with van der Waals surface area (Å²) in [7, 11) is 0. The summed E-state index contributed by atoms with van der Waals surface area (Å²) in [6, 6.07) is 9.28. The summed E-state index contributed by atoms with van der Waals surface area (Å²) >= 11 is 0. The highest BCUT2D eigenvalue weighted by atomic mass is 19.4. The van der Waals surface area contributed by atoms with Crippen LogP contribution in [0, 0.1) is 0 Å². The number of benzene rings is 1. The lowest BCUT2D eigenvalue weighted by molar-refractivity contribution is -0.141. The fourth-order valence-electron chi connectivity index (χ4n) is 4.10. The van der Waals surface area contributed by atoms with E-state index in [-0.39, 0.29) is 11.8 Å². The average Bonchev–Trinajstić information content (AvgIpc) is 2.78. The Morgan fingerprint density at radius 1 is 1.06 bits per heavy atom. The van der Waals surface area contributed by atoms with Crippen molar-refractivity contribution in [3.8, 4) is 11.6 Å². The van der Waals surface area contributed by atoms with Gasteiger partial charge >= 0.3 is 12.3 Å². The van der Waals surface area contributed by atoms with Crippen LogP contribution in [0.1, 0.15) is 39.3 Å². The summed E-state index contributed by atoms with van der Waals surface area (Å²) in [5, 5.41) is 0. The highest BCUT2D eigenvalue weighted by Crippen LogP contribution is 2.35. The quantitative estimate of drug-likeness (QED) is 0.601. The summed E-state index contributed by atoms with van der Waals surface area (Å²) in [5.74, 6) is 0.139. The maximum Gasteiger partial charge on any atom is 0.433 e. The molecule has 1 aromatic heterocycles. The fourth-order valence-corrected chi connectivity index (χ4v) is 4.10. The molecule has 0 saturated carbocycles. The van der Waals surface area contributed by atoms with Crippen LogP contribution in [-0.4, -0.2) is 64.9 Å². The molecule has 2 aliphatic rings. The van der Waals surface area contributed by atoms with Crippen molar-refractivity contribution in [3.63, 3.8) is 0 Å². The van der Waals surface area contributed by atoms with Gasteiger partial charge in [-0.25, -0.2) is 9.78 Å². The molecular formula is C24H29F3N4O4. The minimum atomic E-state index is -4.65. The first kappa shape index (κ1) is 25.0. The predicted octanol–water partition coefficient (Wildman–Crippen LogP) is 4.89. The van der Waals surface area contributed by atoms with Gasteiger partial charge in [-0.2, -0.15) is 18.2 Å². The molecule has 0 aliphatic carbocycles. The van der Waals surface area contributed by atoms with E-state index in [0.717, 1.165) is 6.07 Å². The van der Waals surface area contributed by atoms with Crippen molar-refractivity contribution in [2.24, 2.45) is 0 Å². The zero-order chi connectivity index (χ0) is 25.3. The van der Waals surface area contributed by atoms with E-state index in [1.54, 1.807) is 40.1 Å². The molecule has 2 aliphatic heterocycles. The normalized spacial score (nSPS) is 18.5. The Labute approximate surface area is 202 Å². The number of anilines is 1. The first-order valence-electron chi connectivity index (χ1n) is 11.5. The van der Waals surface area contributed by atoms with Gasteiger partial charge in [0.1, 0.15) is 11.4 Å². The summed E-state index contributed by atoms with van der Waals surface area (Å²) < 4.78 is 57.8. The van der Waals surface area contributed by atoms with Crippen LogP contribution in [0.4, 0.5) is 23.9 Å². The molecule has 0 unspecified atom stereocenters. The highest BCUT2D eigenvalue weighted by Gasteiger charge is 2.43. The molecule has 1 spiro atoms. The van der Waals surface area contributed by atoms with Gasteiger partial charge < -0.3 is 24.0 Å². The number of morpholine rings is 1. The summed E-state index contributed by atoms with van der Waals surface area (Å²) in [4.78, 5) is 23.9. The number of hydrogen-bond acceptors (Lipinski definition) is 7. The summed E-state index contributed by atoms with van der Waals surface area (Å²) in [5.41, 5.74) is -2.26. The number of halogens is 3. The van der Waals surface area contributed by atoms with E-state index in [2.05, 4.69) is 9.97 Å². The Hall–Kier alpha value is -3.08. The van der Waals surface area contributed by atoms with Crippen molar-refractivity contribution in [1.29, 1.82) is 0 Å². The molecule has 11 heteroatoms. The molecular weight excluding hydrogens is 465 g/mol. The van der Waals surface area contributed by atoms with Gasteiger partial charge in [0.15, 0.2) is 5.69 Å². The van der Waals surface area contributed by atoms with E-state index < -0.39 is 29.2 Å². The molecule has 8 nitrogen and oxygen atoms in total. The first-order chi connectivity index (χ1) is 16.4. The van der Waals surface area contributed by atoms with Gasteiger partial charge in [0.05, 0.1) is 18.8 Å². The van der Waals surface area contributed by atoms with E-state index in [4.69, 9.17) is 14.2 Å². The summed E-state index contributed by atoms with van der Waals surface area (Å²) in [6.45, 7) is 7.33. The first-order valence-corrected chi connectivity index (χ1v) is 11.5. The molecule has 0 bridgehead atoms. The topological polar surface area (TPSA) is 77.0 Å². The van der Waals surface area contributed by atoms with Crippen LogP contribution in [0.25, 0.3) is 0 Å². The molecule has 2 saturated heterocycles. The third kappa shape index (κ3) is 6.33. The van der Waals surface area contributed by atoms with E-state index in [9.17, 15) is 18.0 Å². The summed E-state index contributed by atoms with van der Waals surface area (Å²) in [6.07, 6.45) is -4.04. The van der Waals surface area contributed by atoms with Crippen LogP contribution in [-0.2, 0) is 15.7 Å². The molecule has 4 rings (SSSR count). The smallest absolute Gasteiger partial charge is 0.433 e. The standard InChI is InChI=1S/C24H29F3N4O4/c1-22(2,3)35-21(32)31-13-14-33-23(16-31)9-11-30(12-10-23)20-28-18(24(25,26)27)15-19(29-20)34-17-7-5-4-6-8-17/h4-8,15H,9-14,16H2,1-3H3. The number of ether oxygens (including phenoxy) is 3. The van der Waals surface area contributed by atoms with Gasteiger partial charge in [0.2, 0.25) is 11.8 Å².